The summed E-state index contributed by atoms with van der Waals surface area (Å²) in [4.78, 5) is 3.29. The predicted molar refractivity (Wildman–Crippen MR) is 40.5 cm³/mol. The average Bonchev–Trinajstić information content (AvgIpc) is 2.05. The van der Waals surface area contributed by atoms with Crippen molar-refractivity contribution in [2.24, 2.45) is 5.92 Å². The van der Waals surface area contributed by atoms with Crippen molar-refractivity contribution < 1.29 is 4.99 Å². The van der Waals surface area contributed by atoms with Crippen molar-refractivity contribution in [3.63, 3.8) is 0 Å². The molecule has 2 heteroatoms. The van der Waals surface area contributed by atoms with Crippen molar-refractivity contribution in [3.05, 3.63) is 11.9 Å². The lowest BCUT2D eigenvalue weighted by atomic mass is 9.93. The molecule has 0 aromatic carbocycles. The van der Waals surface area contributed by atoms with Crippen LogP contribution < -0.4 is 10.3 Å². The number of fused-ring (bicyclic) bond motifs is 1. The summed E-state index contributed by atoms with van der Waals surface area (Å²) >= 11 is 0. The summed E-state index contributed by atoms with van der Waals surface area (Å²) in [6.45, 7) is 1.15. The van der Waals surface area contributed by atoms with E-state index in [2.05, 4.69) is 22.7 Å². The molecule has 0 saturated carbocycles. The predicted octanol–water partition coefficient (Wildman–Crippen LogP) is -0.618. The van der Waals surface area contributed by atoms with Crippen molar-refractivity contribution >= 4 is 6.21 Å². The Bertz CT molecular complexity index is 182. The largest absolute Gasteiger partial charge is 0.386 e. The van der Waals surface area contributed by atoms with Gasteiger partial charge >= 0.3 is 0 Å². The lowest BCUT2D eigenvalue weighted by Gasteiger charge is -2.19. The standard InChI is InChI=1S/C8H12N2/c1-2-7-3-5-9-6-8(7)10-4-1/h4,6-7,9H,1-3,5H2/p+1. The van der Waals surface area contributed by atoms with E-state index in [-0.39, 0.29) is 0 Å². The first-order valence-electron chi connectivity index (χ1n) is 3.98. The van der Waals surface area contributed by atoms with Crippen molar-refractivity contribution in [3.8, 4) is 0 Å². The summed E-state index contributed by atoms with van der Waals surface area (Å²) in [7, 11) is 0. The Kier molecular flexibility index (Phi) is 1.46. The quantitative estimate of drug-likeness (QED) is 0.457. The van der Waals surface area contributed by atoms with Gasteiger partial charge in [0, 0.05) is 18.9 Å². The third kappa shape index (κ3) is 0.939. The van der Waals surface area contributed by atoms with Crippen LogP contribution in [0.2, 0.25) is 0 Å². The molecule has 54 valence electrons. The number of allylic oxidation sites excluding steroid dienone is 1. The van der Waals surface area contributed by atoms with E-state index in [0.29, 0.717) is 0 Å². The first-order valence-corrected chi connectivity index (χ1v) is 3.98. The zero-order valence-electron chi connectivity index (χ0n) is 6.06. The van der Waals surface area contributed by atoms with Crippen LogP contribution in [0.3, 0.4) is 0 Å². The molecular weight excluding hydrogens is 124 g/mol. The fourth-order valence-electron chi connectivity index (χ4n) is 1.65. The minimum Gasteiger partial charge on any atom is -0.386 e. The van der Waals surface area contributed by atoms with Gasteiger partial charge in [0.1, 0.15) is 6.21 Å². The highest BCUT2D eigenvalue weighted by Crippen LogP contribution is 2.18. The third-order valence-electron chi connectivity index (χ3n) is 2.26. The summed E-state index contributed by atoms with van der Waals surface area (Å²) in [5.41, 5.74) is 1.39. The van der Waals surface area contributed by atoms with Gasteiger partial charge in [0.2, 0.25) is 0 Å². The van der Waals surface area contributed by atoms with E-state index in [4.69, 9.17) is 0 Å². The Morgan fingerprint density at radius 1 is 1.50 bits per heavy atom. The van der Waals surface area contributed by atoms with Gasteiger partial charge in [0.05, 0.1) is 6.20 Å². The van der Waals surface area contributed by atoms with Crippen LogP contribution in [0.25, 0.3) is 0 Å². The zero-order valence-corrected chi connectivity index (χ0v) is 6.06. The summed E-state index contributed by atoms with van der Waals surface area (Å²) in [5.74, 6) is 0.811. The second-order valence-corrected chi connectivity index (χ2v) is 2.97. The van der Waals surface area contributed by atoms with Crippen molar-refractivity contribution in [1.82, 2.24) is 5.32 Å². The Labute approximate surface area is 61.0 Å². The van der Waals surface area contributed by atoms with Gasteiger partial charge < -0.3 is 5.32 Å². The third-order valence-corrected chi connectivity index (χ3v) is 2.26. The molecule has 0 radical (unpaired) electrons. The molecule has 1 atom stereocenters. The highest BCUT2D eigenvalue weighted by molar-refractivity contribution is 5.51. The van der Waals surface area contributed by atoms with Crippen LogP contribution in [0.4, 0.5) is 0 Å². The first-order chi connectivity index (χ1) is 4.97. The summed E-state index contributed by atoms with van der Waals surface area (Å²) in [5, 5.41) is 3.24. The smallest absolute Gasteiger partial charge is 0.198 e. The van der Waals surface area contributed by atoms with Crippen LogP contribution in [-0.2, 0) is 0 Å². The monoisotopic (exact) mass is 137 g/mol. The van der Waals surface area contributed by atoms with Crippen LogP contribution in [0, 0.1) is 5.92 Å². The summed E-state index contributed by atoms with van der Waals surface area (Å²) in [6, 6.07) is 0. The molecule has 10 heavy (non-hydrogen) atoms. The molecular formula is C8H13N2+. The van der Waals surface area contributed by atoms with Gasteiger partial charge in [-0.1, -0.05) is 0 Å². The van der Waals surface area contributed by atoms with Gasteiger partial charge in [-0.2, -0.15) is 0 Å². The maximum atomic E-state index is 3.29. The topological polar surface area (TPSA) is 26.0 Å². The lowest BCUT2D eigenvalue weighted by Crippen LogP contribution is -2.71. The molecule has 2 N–H and O–H groups in total. The molecule has 2 rings (SSSR count). The first kappa shape index (κ1) is 5.96. The number of hydrogen-bond acceptors (Lipinski definition) is 1. The second-order valence-electron chi connectivity index (χ2n) is 2.97. The van der Waals surface area contributed by atoms with E-state index >= 15 is 0 Å². The highest BCUT2D eigenvalue weighted by Gasteiger charge is 2.23. The fraction of sp³-hybridized carbons (Fsp3) is 0.625. The summed E-state index contributed by atoms with van der Waals surface area (Å²) in [6.07, 6.45) is 8.12. The van der Waals surface area contributed by atoms with E-state index in [1.807, 2.05) is 0 Å². The van der Waals surface area contributed by atoms with Crippen molar-refractivity contribution in [2.45, 2.75) is 19.3 Å². The van der Waals surface area contributed by atoms with Gasteiger partial charge in [-0.05, 0) is 12.8 Å². The molecule has 2 aliphatic rings. The van der Waals surface area contributed by atoms with Crippen LogP contribution in [-0.4, -0.2) is 12.8 Å². The van der Waals surface area contributed by atoms with Gasteiger partial charge in [0.25, 0.3) is 0 Å². The van der Waals surface area contributed by atoms with Gasteiger partial charge in [-0.15, -0.1) is 0 Å². The molecule has 0 aromatic heterocycles. The number of rotatable bonds is 0. The van der Waals surface area contributed by atoms with E-state index in [0.717, 1.165) is 12.5 Å². The average molecular weight is 137 g/mol. The molecule has 0 aliphatic carbocycles. The molecule has 0 amide bonds. The normalized spacial score (nSPS) is 30.4. The summed E-state index contributed by atoms with van der Waals surface area (Å²) < 4.78 is 0. The minimum absolute atomic E-state index is 0.811. The minimum atomic E-state index is 0.811. The lowest BCUT2D eigenvalue weighted by molar-refractivity contribution is -0.410. The fourth-order valence-corrected chi connectivity index (χ4v) is 1.65. The molecule has 1 unspecified atom stereocenters. The van der Waals surface area contributed by atoms with Gasteiger partial charge in [0.15, 0.2) is 5.70 Å². The molecule has 2 heterocycles. The Balaban J connectivity index is 2.21. The highest BCUT2D eigenvalue weighted by atomic mass is 14.9. The zero-order chi connectivity index (χ0) is 6.81. The SMILES string of the molecule is C1=[NH+]C2=CNCCC2CC1. The molecule has 0 fully saturated rings. The molecule has 0 aromatic rings. The maximum Gasteiger partial charge on any atom is 0.198 e. The van der Waals surface area contributed by atoms with Crippen LogP contribution in [0.15, 0.2) is 11.9 Å². The molecule has 0 spiro atoms. The Morgan fingerprint density at radius 3 is 3.40 bits per heavy atom. The van der Waals surface area contributed by atoms with E-state index < -0.39 is 0 Å². The van der Waals surface area contributed by atoms with Crippen LogP contribution >= 0.6 is 0 Å². The molecule has 2 aliphatic heterocycles. The number of nitrogens with one attached hydrogen (secondary N) is 2. The van der Waals surface area contributed by atoms with E-state index in [1.165, 1.54) is 25.0 Å². The Morgan fingerprint density at radius 2 is 2.50 bits per heavy atom. The number of hydrogen-bond donors (Lipinski definition) is 2. The maximum absolute atomic E-state index is 3.29. The van der Waals surface area contributed by atoms with Crippen LogP contribution in [0.5, 0.6) is 0 Å². The molecule has 0 bridgehead atoms. The second kappa shape index (κ2) is 2.45. The van der Waals surface area contributed by atoms with Crippen molar-refractivity contribution in [2.75, 3.05) is 6.54 Å². The van der Waals surface area contributed by atoms with E-state index in [9.17, 15) is 0 Å². The van der Waals surface area contributed by atoms with Crippen LogP contribution in [0.1, 0.15) is 19.3 Å². The Hall–Kier alpha value is -0.790. The van der Waals surface area contributed by atoms with E-state index in [1.54, 1.807) is 0 Å². The van der Waals surface area contributed by atoms with Crippen molar-refractivity contribution in [1.29, 1.82) is 0 Å². The van der Waals surface area contributed by atoms with Gasteiger partial charge in [-0.3, -0.25) is 0 Å². The molecule has 2 nitrogen and oxygen atoms in total. The van der Waals surface area contributed by atoms with Gasteiger partial charge in [-0.25, -0.2) is 4.99 Å². The molecule has 0 saturated heterocycles.